The first kappa shape index (κ1) is 43.1. The number of hydrogen-bond donors (Lipinski definition) is 0. The Labute approximate surface area is 436 Å². The first-order valence-electron chi connectivity index (χ1n) is 25.6. The maximum absolute atomic E-state index is 17.9. The van der Waals surface area contributed by atoms with Crippen molar-refractivity contribution in [1.82, 2.24) is 22.8 Å². The van der Waals surface area contributed by atoms with Crippen molar-refractivity contribution in [2.24, 2.45) is 0 Å². The van der Waals surface area contributed by atoms with Gasteiger partial charge in [0.05, 0.1) is 83.5 Å². The van der Waals surface area contributed by atoms with Crippen molar-refractivity contribution >= 4 is 109 Å². The van der Waals surface area contributed by atoms with Gasteiger partial charge < -0.3 is 22.8 Å². The van der Waals surface area contributed by atoms with Crippen LogP contribution < -0.4 is 0 Å². The summed E-state index contributed by atoms with van der Waals surface area (Å²) in [6.07, 6.45) is -5.11. The van der Waals surface area contributed by atoms with Crippen molar-refractivity contribution < 1.29 is 13.2 Å². The Kier molecular flexibility index (Phi) is 8.88. The second kappa shape index (κ2) is 15.9. The van der Waals surface area contributed by atoms with E-state index in [2.05, 4.69) is 63.7 Å². The van der Waals surface area contributed by atoms with E-state index in [-0.39, 0.29) is 17.1 Å². The number of hydrogen-bond acceptors (Lipinski definition) is 1. The van der Waals surface area contributed by atoms with Crippen LogP contribution in [0.4, 0.5) is 13.2 Å². The fraction of sp³-hybridized carbons (Fsp3) is 0.0147. The summed E-state index contributed by atoms with van der Waals surface area (Å²) in [5.74, 6) is 0. The molecular weight excluding hydrogens is 958 g/mol. The molecule has 362 valence electrons. The Balaban J connectivity index is 1.24. The zero-order valence-corrected chi connectivity index (χ0v) is 40.8. The van der Waals surface area contributed by atoms with Crippen molar-refractivity contribution in [2.75, 3.05) is 0 Å². The van der Waals surface area contributed by atoms with E-state index >= 15 is 13.2 Å². The molecule has 0 saturated carbocycles. The third kappa shape index (κ3) is 5.84. The molecule has 0 N–H and O–H groups in total. The zero-order valence-electron chi connectivity index (χ0n) is 40.8. The Morgan fingerprint density at radius 3 is 0.896 bits per heavy atom. The van der Waals surface area contributed by atoms with Crippen molar-refractivity contribution in [1.29, 1.82) is 5.26 Å². The van der Waals surface area contributed by atoms with Crippen molar-refractivity contribution in [3.63, 3.8) is 0 Å². The predicted octanol–water partition coefficient (Wildman–Crippen LogP) is 18.1. The Hall–Kier alpha value is -10.3. The van der Waals surface area contributed by atoms with E-state index in [0.29, 0.717) is 38.8 Å². The van der Waals surface area contributed by atoms with Gasteiger partial charge in [0.25, 0.3) is 0 Å². The third-order valence-corrected chi connectivity index (χ3v) is 15.9. The first-order chi connectivity index (χ1) is 37.9. The average Bonchev–Trinajstić information content (AvgIpc) is 4.37. The summed E-state index contributed by atoms with van der Waals surface area (Å²) in [5.41, 5.74) is 7.12. The van der Waals surface area contributed by atoms with E-state index in [1.807, 2.05) is 202 Å². The Bertz CT molecular complexity index is 5070. The van der Waals surface area contributed by atoms with Gasteiger partial charge in [-0.3, -0.25) is 0 Å². The fourth-order valence-corrected chi connectivity index (χ4v) is 13.0. The van der Waals surface area contributed by atoms with Gasteiger partial charge in [0, 0.05) is 59.5 Å². The number of halogens is 3. The molecule has 0 aliphatic heterocycles. The van der Waals surface area contributed by atoms with Crippen LogP contribution in [-0.2, 0) is 6.18 Å². The second-order valence-electron chi connectivity index (χ2n) is 19.8. The Morgan fingerprint density at radius 1 is 0.273 bits per heavy atom. The van der Waals surface area contributed by atoms with E-state index in [1.54, 1.807) is 0 Å². The molecule has 0 amide bonds. The summed E-state index contributed by atoms with van der Waals surface area (Å²) >= 11 is 0. The minimum atomic E-state index is -5.11. The highest BCUT2D eigenvalue weighted by atomic mass is 19.4. The van der Waals surface area contributed by atoms with Gasteiger partial charge in [-0.2, -0.15) is 18.4 Å². The second-order valence-corrected chi connectivity index (χ2v) is 19.8. The van der Waals surface area contributed by atoms with E-state index in [4.69, 9.17) is 0 Å². The highest BCUT2D eigenvalue weighted by Gasteiger charge is 2.44. The van der Waals surface area contributed by atoms with Crippen LogP contribution in [0.2, 0.25) is 0 Å². The number of benzene rings is 11. The van der Waals surface area contributed by atoms with E-state index in [0.717, 1.165) is 81.6 Å². The molecule has 0 saturated heterocycles. The third-order valence-electron chi connectivity index (χ3n) is 15.9. The van der Waals surface area contributed by atoms with E-state index < -0.39 is 17.3 Å². The van der Waals surface area contributed by atoms with Crippen molar-refractivity contribution in [3.8, 4) is 34.5 Å². The van der Waals surface area contributed by atoms with Crippen LogP contribution in [0.1, 0.15) is 11.1 Å². The lowest BCUT2D eigenvalue weighted by molar-refractivity contribution is -0.137. The maximum atomic E-state index is 17.9. The van der Waals surface area contributed by atoms with Gasteiger partial charge >= 0.3 is 6.18 Å². The lowest BCUT2D eigenvalue weighted by Gasteiger charge is -2.29. The molecule has 5 aromatic heterocycles. The van der Waals surface area contributed by atoms with Gasteiger partial charge in [0.15, 0.2) is 0 Å². The van der Waals surface area contributed by atoms with E-state index in [1.165, 1.54) is 0 Å². The molecule has 0 atom stereocenters. The molecule has 9 heteroatoms. The predicted molar refractivity (Wildman–Crippen MR) is 308 cm³/mol. The van der Waals surface area contributed by atoms with Gasteiger partial charge in [0.2, 0.25) is 0 Å². The molecule has 5 heterocycles. The van der Waals surface area contributed by atoms with Gasteiger partial charge in [-0.1, -0.05) is 164 Å². The molecule has 0 aliphatic carbocycles. The highest BCUT2D eigenvalue weighted by molar-refractivity contribution is 6.21. The minimum absolute atomic E-state index is 0.108. The van der Waals surface area contributed by atoms with Crippen LogP contribution >= 0.6 is 0 Å². The molecular formula is C68H39F3N6. The van der Waals surface area contributed by atoms with Gasteiger partial charge in [-0.15, -0.1) is 0 Å². The first-order valence-corrected chi connectivity index (χ1v) is 25.6. The van der Waals surface area contributed by atoms with Crippen LogP contribution in [0.3, 0.4) is 0 Å². The lowest BCUT2D eigenvalue weighted by atomic mass is 9.97. The molecule has 16 rings (SSSR count). The molecule has 0 radical (unpaired) electrons. The summed E-state index contributed by atoms with van der Waals surface area (Å²) in [4.78, 5) is 0. The van der Waals surface area contributed by atoms with Gasteiger partial charge in [-0.25, -0.2) is 0 Å². The lowest BCUT2D eigenvalue weighted by Crippen LogP contribution is -2.22. The number of fused-ring (bicyclic) bond motifs is 15. The molecule has 0 spiro atoms. The summed E-state index contributed by atoms with van der Waals surface area (Å²) in [6, 6.07) is 80.2. The molecule has 11 aromatic carbocycles. The van der Waals surface area contributed by atoms with Gasteiger partial charge in [0.1, 0.15) is 11.6 Å². The SMILES string of the molecule is N#Cc1c(-n2c3ccccc3c3ccccc32)c(-n2c3ccccc3c3ccccc32)c(-n2c3ccccc3c3ccccc32)c(-n2c3ccccc3c3cc4c5ccccc5n(-c5ccccc5)c4cc32)c1C(F)(F)F. The summed E-state index contributed by atoms with van der Waals surface area (Å²) in [5, 5.41) is 20.9. The highest BCUT2D eigenvalue weighted by Crippen LogP contribution is 2.53. The molecule has 0 unspecified atom stereocenters. The van der Waals surface area contributed by atoms with Crippen LogP contribution in [0.25, 0.3) is 137 Å². The molecule has 77 heavy (non-hydrogen) atoms. The normalized spacial score (nSPS) is 12.3. The van der Waals surface area contributed by atoms with Crippen LogP contribution in [-0.4, -0.2) is 22.8 Å². The topological polar surface area (TPSA) is 48.4 Å². The van der Waals surface area contributed by atoms with Crippen molar-refractivity contribution in [3.05, 3.63) is 248 Å². The molecule has 6 nitrogen and oxygen atoms in total. The molecule has 16 aromatic rings. The Morgan fingerprint density at radius 2 is 0.545 bits per heavy atom. The van der Waals surface area contributed by atoms with Crippen LogP contribution in [0.5, 0.6) is 0 Å². The molecule has 0 fully saturated rings. The number of para-hydroxylation sites is 9. The molecule has 0 aliphatic rings. The summed E-state index contributed by atoms with van der Waals surface area (Å²) in [6.45, 7) is 0. The number of nitrogens with zero attached hydrogens (tertiary/aromatic N) is 6. The number of alkyl halides is 3. The summed E-state index contributed by atoms with van der Waals surface area (Å²) in [7, 11) is 0. The number of aromatic nitrogens is 5. The fourth-order valence-electron chi connectivity index (χ4n) is 13.0. The van der Waals surface area contributed by atoms with Gasteiger partial charge in [-0.05, 0) is 72.8 Å². The van der Waals surface area contributed by atoms with Crippen LogP contribution in [0, 0.1) is 11.3 Å². The number of nitriles is 1. The largest absolute Gasteiger partial charge is 0.419 e. The monoisotopic (exact) mass is 996 g/mol. The standard InChI is InChI=1S/C68H39F3N6/c69-68(70,71)63-52(40-72)64(74-54-31-13-4-22-42(54)43-23-5-14-32-55(43)74)66(75-56-33-15-6-24-44(56)45-25-7-16-34-57(45)75)67(76-58-35-17-8-26-46(58)47-27-9-18-36-59(47)76)65(63)77-60-37-19-11-29-49(60)51-38-50-48-28-10-12-30-53(48)73(61(50)39-62(51)77)41-20-2-1-3-21-41/h1-39H. The minimum Gasteiger partial charge on any atom is -0.309 e. The van der Waals surface area contributed by atoms with E-state index in [9.17, 15) is 5.26 Å². The smallest absolute Gasteiger partial charge is 0.309 e. The number of rotatable bonds is 5. The van der Waals surface area contributed by atoms with Crippen LogP contribution in [0.15, 0.2) is 237 Å². The summed E-state index contributed by atoms with van der Waals surface area (Å²) < 4.78 is 63.6. The maximum Gasteiger partial charge on any atom is 0.419 e. The average molecular weight is 997 g/mol. The zero-order chi connectivity index (χ0) is 51.3. The quantitative estimate of drug-likeness (QED) is 0.169. The van der Waals surface area contributed by atoms with Crippen molar-refractivity contribution in [2.45, 2.75) is 6.18 Å². The molecule has 0 bridgehead atoms.